The molecule has 3 heterocycles. The molecule has 1 aliphatic carbocycles. The van der Waals surface area contributed by atoms with Crippen LogP contribution in [0.5, 0.6) is 0 Å². The average molecular weight is 877 g/mol. The third kappa shape index (κ3) is 18.6. The fourth-order valence-corrected chi connectivity index (χ4v) is 5.65. The Bertz CT molecular complexity index is 1370. The van der Waals surface area contributed by atoms with Crippen molar-refractivity contribution in [2.24, 2.45) is 34.4 Å². The van der Waals surface area contributed by atoms with Gasteiger partial charge in [0, 0.05) is 25.2 Å². The van der Waals surface area contributed by atoms with Crippen LogP contribution in [0.3, 0.4) is 0 Å². The van der Waals surface area contributed by atoms with Crippen molar-refractivity contribution in [3.05, 3.63) is 0 Å². The molecule has 0 aromatic heterocycles. The number of hydrogen-bond acceptors (Lipinski definition) is 23. The van der Waals surface area contributed by atoms with Crippen LogP contribution < -0.4 is 34.4 Å². The summed E-state index contributed by atoms with van der Waals surface area (Å²) in [6.07, 6.45) is -13.4. The van der Waals surface area contributed by atoms with Crippen molar-refractivity contribution in [2.75, 3.05) is 19.7 Å². The van der Waals surface area contributed by atoms with Crippen molar-refractivity contribution in [2.45, 2.75) is 123 Å². The first-order valence-corrected chi connectivity index (χ1v) is 20.0. The Morgan fingerprint density at radius 1 is 0.527 bits per heavy atom. The van der Waals surface area contributed by atoms with E-state index in [-0.39, 0.29) is 25.6 Å². The van der Waals surface area contributed by atoms with Crippen LogP contribution in [-0.4, -0.2) is 202 Å². The van der Waals surface area contributed by atoms with Gasteiger partial charge in [0.1, 0.15) is 48.8 Å². The summed E-state index contributed by atoms with van der Waals surface area (Å²) in [5.41, 5.74) is 36.0. The first-order chi connectivity index (χ1) is 25.0. The Balaban J connectivity index is 0.000000854. The molecule has 0 radical (unpaired) electrons. The van der Waals surface area contributed by atoms with Crippen molar-refractivity contribution in [3.63, 3.8) is 0 Å². The molecule has 0 unspecified atom stereocenters. The van der Waals surface area contributed by atoms with Crippen molar-refractivity contribution in [1.29, 1.82) is 0 Å². The SMILES string of the molecule is NC[C@@H]1CC[C@@H](N)[C@@H](O[C@H]2[C@H](O[C@@H]3O[C@H](CO)[C@@H](O[C@H]4O[C@@H](CN)[C@@H](O)[C@H](O)[C@H]4N)[C@H]3O)[C@@H](O)[C@H](N)C[C@@H]2N)O1.O=S(=O)(O)O.O=S(=O)(O)O.O=S(=O)(O)O. The van der Waals surface area contributed by atoms with E-state index in [1.807, 2.05) is 0 Å². The van der Waals surface area contributed by atoms with Crippen molar-refractivity contribution in [3.8, 4) is 0 Å². The zero-order chi connectivity index (χ0) is 42.8. The molecule has 4 rings (SSSR count). The van der Waals surface area contributed by atoms with E-state index >= 15 is 0 Å². The lowest BCUT2D eigenvalue weighted by Crippen LogP contribution is -2.65. The molecule has 17 atom stereocenters. The largest absolute Gasteiger partial charge is 0.394 e. The highest BCUT2D eigenvalue weighted by atomic mass is 32.3. The molecule has 0 spiro atoms. The molecule has 3 aliphatic heterocycles. The van der Waals surface area contributed by atoms with E-state index in [0.29, 0.717) is 12.8 Å². The van der Waals surface area contributed by atoms with Gasteiger partial charge in [-0.2, -0.15) is 25.3 Å². The van der Waals surface area contributed by atoms with E-state index in [4.69, 9.17) is 115 Å². The highest BCUT2D eigenvalue weighted by Gasteiger charge is 2.53. The topological polar surface area (TPSA) is 536 Å². The lowest BCUT2D eigenvalue weighted by Gasteiger charge is -2.45. The normalized spacial score (nSPS) is 41.1. The summed E-state index contributed by atoms with van der Waals surface area (Å²) in [5, 5.41) is 52.4. The summed E-state index contributed by atoms with van der Waals surface area (Å²) in [5.74, 6) is 0. The molecular weight excluding hydrogens is 824 g/mol. The second-order valence-electron chi connectivity index (χ2n) is 12.4. The Labute approximate surface area is 314 Å². The van der Waals surface area contributed by atoms with E-state index in [1.165, 1.54) is 0 Å². The summed E-state index contributed by atoms with van der Waals surface area (Å²) < 4.78 is 130. The van der Waals surface area contributed by atoms with Gasteiger partial charge in [-0.05, 0) is 19.3 Å². The minimum atomic E-state index is -4.67. The third-order valence-corrected chi connectivity index (χ3v) is 8.15. The van der Waals surface area contributed by atoms with Crippen LogP contribution in [0.2, 0.25) is 0 Å². The molecule has 1 saturated carbocycles. The number of nitrogens with two attached hydrogens (primary N) is 6. The zero-order valence-electron chi connectivity index (χ0n) is 28.6. The molecule has 55 heavy (non-hydrogen) atoms. The number of aliphatic hydroxyl groups excluding tert-OH is 5. The van der Waals surface area contributed by atoms with Gasteiger partial charge >= 0.3 is 31.2 Å². The van der Waals surface area contributed by atoms with Crippen LogP contribution in [0.25, 0.3) is 0 Å². The lowest BCUT2D eigenvalue weighted by molar-refractivity contribution is -0.289. The minimum absolute atomic E-state index is 0.133. The monoisotopic (exact) mass is 876 g/mol. The predicted octanol–water partition coefficient (Wildman–Crippen LogP) is -8.80. The van der Waals surface area contributed by atoms with Gasteiger partial charge in [-0.1, -0.05) is 0 Å². The van der Waals surface area contributed by atoms with E-state index in [9.17, 15) is 25.5 Å². The second kappa shape index (κ2) is 22.3. The average Bonchev–Trinajstić information content (AvgIpc) is 3.33. The van der Waals surface area contributed by atoms with Gasteiger partial charge in [0.15, 0.2) is 18.9 Å². The van der Waals surface area contributed by atoms with Gasteiger partial charge in [0.2, 0.25) is 0 Å². The molecule has 23 N–H and O–H groups in total. The fraction of sp³-hybridized carbons (Fsp3) is 1.00. The molecule has 330 valence electrons. The molecule has 0 aromatic rings. The fourth-order valence-electron chi connectivity index (χ4n) is 5.65. The van der Waals surface area contributed by atoms with E-state index in [2.05, 4.69) is 0 Å². The van der Waals surface area contributed by atoms with E-state index in [1.54, 1.807) is 0 Å². The van der Waals surface area contributed by atoms with Gasteiger partial charge in [0.25, 0.3) is 0 Å². The molecule has 4 aliphatic rings. The van der Waals surface area contributed by atoms with Crippen LogP contribution in [0.15, 0.2) is 0 Å². The van der Waals surface area contributed by atoms with Crippen LogP contribution in [-0.2, 0) is 59.6 Å². The highest BCUT2D eigenvalue weighted by Crippen LogP contribution is 2.34. The summed E-state index contributed by atoms with van der Waals surface area (Å²) in [6.45, 7) is -0.447. The zero-order valence-corrected chi connectivity index (χ0v) is 31.0. The summed E-state index contributed by atoms with van der Waals surface area (Å²) in [6, 6.07) is -3.13. The first kappa shape index (κ1) is 51.9. The molecule has 0 aromatic carbocycles. The second-order valence-corrected chi connectivity index (χ2v) is 15.0. The van der Waals surface area contributed by atoms with Crippen LogP contribution >= 0.6 is 0 Å². The maximum Gasteiger partial charge on any atom is 0.394 e. The number of rotatable bonds is 9. The molecule has 0 bridgehead atoms. The van der Waals surface area contributed by atoms with E-state index in [0.717, 1.165) is 0 Å². The van der Waals surface area contributed by atoms with Gasteiger partial charge < -0.3 is 88.4 Å². The maximum atomic E-state index is 11.1. The van der Waals surface area contributed by atoms with Crippen LogP contribution in [0.4, 0.5) is 0 Å². The third-order valence-electron chi connectivity index (χ3n) is 8.15. The van der Waals surface area contributed by atoms with Crippen molar-refractivity contribution < 1.29 is 107 Å². The van der Waals surface area contributed by atoms with Crippen LogP contribution in [0, 0.1) is 0 Å². The maximum absolute atomic E-state index is 11.1. The molecular formula is C23H52N6O23S3. The minimum Gasteiger partial charge on any atom is -0.394 e. The number of aliphatic hydroxyl groups is 5. The number of hydrogen-bond donors (Lipinski definition) is 17. The highest BCUT2D eigenvalue weighted by molar-refractivity contribution is 7.80. The van der Waals surface area contributed by atoms with Gasteiger partial charge in [-0.3, -0.25) is 27.3 Å². The Hall–Kier alpha value is -1.07. The lowest BCUT2D eigenvalue weighted by atomic mass is 9.84. The van der Waals surface area contributed by atoms with Gasteiger partial charge in [0.05, 0.1) is 30.9 Å². The molecule has 29 nitrogen and oxygen atoms in total. The Morgan fingerprint density at radius 3 is 1.47 bits per heavy atom. The standard InChI is InChI=1S/C23H46N6O11.3H2O4S/c24-4-7-1-2-8(26)21(35-7)38-18-10(28)3-9(27)14(31)20(18)40-23-17(34)19(12(6-30)37-23)39-22-13(29)16(33)15(32)11(5-25)36-22;3*1-5(2,3)4/h7-23,30-34H,1-6,24-29H2;3*(H2,1,2,3,4)/t7-,8+,9+,10-,11-,12+,13+,14-,15+,16+,17+,18+,19+,20+,21+,22+,23-;;;/m0.../s1. The van der Waals surface area contributed by atoms with Crippen molar-refractivity contribution in [1.82, 2.24) is 0 Å². The molecule has 3 saturated heterocycles. The summed E-state index contributed by atoms with van der Waals surface area (Å²) >= 11 is 0. The molecule has 0 amide bonds. The van der Waals surface area contributed by atoms with Gasteiger partial charge in [-0.25, -0.2) is 0 Å². The first-order valence-electron chi connectivity index (χ1n) is 15.8. The summed E-state index contributed by atoms with van der Waals surface area (Å²) in [4.78, 5) is 0. The molecule has 4 fully saturated rings. The smallest absolute Gasteiger partial charge is 0.394 e. The summed E-state index contributed by atoms with van der Waals surface area (Å²) in [7, 11) is -14.0. The molecule has 32 heteroatoms. The Kier molecular flexibility index (Phi) is 21.1. The predicted molar refractivity (Wildman–Crippen MR) is 178 cm³/mol. The van der Waals surface area contributed by atoms with Gasteiger partial charge in [-0.15, -0.1) is 0 Å². The van der Waals surface area contributed by atoms with Crippen molar-refractivity contribution >= 4 is 31.2 Å². The quantitative estimate of drug-likeness (QED) is 0.0956. The Morgan fingerprint density at radius 2 is 1.00 bits per heavy atom. The van der Waals surface area contributed by atoms with E-state index < -0.39 is 136 Å². The number of ether oxygens (including phenoxy) is 6. The van der Waals surface area contributed by atoms with Crippen LogP contribution in [0.1, 0.15) is 19.3 Å².